The van der Waals surface area contributed by atoms with Crippen LogP contribution in [0.1, 0.15) is 28.9 Å². The number of hydrogen-bond acceptors (Lipinski definition) is 5. The molecule has 1 aromatic carbocycles. The Kier molecular flexibility index (Phi) is 5.13. The van der Waals surface area contributed by atoms with Crippen LogP contribution in [0.4, 0.5) is 0 Å². The first kappa shape index (κ1) is 15.1. The SMILES string of the molecule is O=C(c1csnn1)N1CCOC(CCCc2ccccc2)C1. The van der Waals surface area contributed by atoms with Crippen molar-refractivity contribution in [1.82, 2.24) is 14.5 Å². The molecule has 3 rings (SSSR count). The van der Waals surface area contributed by atoms with Crippen LogP contribution in [0.3, 0.4) is 0 Å². The molecule has 22 heavy (non-hydrogen) atoms. The lowest BCUT2D eigenvalue weighted by molar-refractivity contribution is -0.0256. The van der Waals surface area contributed by atoms with Gasteiger partial charge in [0.15, 0.2) is 5.69 Å². The second-order valence-electron chi connectivity index (χ2n) is 5.41. The van der Waals surface area contributed by atoms with E-state index in [-0.39, 0.29) is 12.0 Å². The molecule has 0 N–H and O–H groups in total. The zero-order valence-electron chi connectivity index (χ0n) is 12.4. The molecule has 0 radical (unpaired) electrons. The lowest BCUT2D eigenvalue weighted by Crippen LogP contribution is -2.45. The van der Waals surface area contributed by atoms with Gasteiger partial charge in [0.25, 0.3) is 5.91 Å². The summed E-state index contributed by atoms with van der Waals surface area (Å²) in [4.78, 5) is 14.1. The second-order valence-corrected chi connectivity index (χ2v) is 6.02. The quantitative estimate of drug-likeness (QED) is 0.850. The molecule has 1 fully saturated rings. The van der Waals surface area contributed by atoms with Gasteiger partial charge in [-0.2, -0.15) is 0 Å². The van der Waals surface area contributed by atoms with Crippen molar-refractivity contribution in [2.24, 2.45) is 0 Å². The minimum atomic E-state index is -0.0369. The van der Waals surface area contributed by atoms with E-state index in [2.05, 4.69) is 33.9 Å². The van der Waals surface area contributed by atoms with Gasteiger partial charge in [0.1, 0.15) is 0 Å². The van der Waals surface area contributed by atoms with Crippen LogP contribution >= 0.6 is 11.5 Å². The highest BCUT2D eigenvalue weighted by atomic mass is 32.1. The van der Waals surface area contributed by atoms with Gasteiger partial charge >= 0.3 is 0 Å². The van der Waals surface area contributed by atoms with E-state index in [9.17, 15) is 4.79 Å². The third kappa shape index (κ3) is 3.90. The number of carbonyl (C=O) groups excluding carboxylic acids is 1. The Balaban J connectivity index is 1.47. The summed E-state index contributed by atoms with van der Waals surface area (Å²) >= 11 is 1.20. The number of rotatable bonds is 5. The summed E-state index contributed by atoms with van der Waals surface area (Å²) < 4.78 is 9.54. The molecule has 0 aliphatic carbocycles. The molecular formula is C16H19N3O2S. The number of nitrogens with zero attached hydrogens (tertiary/aromatic N) is 3. The maximum Gasteiger partial charge on any atom is 0.275 e. The smallest absolute Gasteiger partial charge is 0.275 e. The molecule has 5 nitrogen and oxygen atoms in total. The van der Waals surface area contributed by atoms with E-state index < -0.39 is 0 Å². The molecule has 1 unspecified atom stereocenters. The summed E-state index contributed by atoms with van der Waals surface area (Å²) in [5, 5.41) is 5.55. The largest absolute Gasteiger partial charge is 0.375 e. The Labute approximate surface area is 134 Å². The van der Waals surface area contributed by atoms with Crippen molar-refractivity contribution in [3.8, 4) is 0 Å². The lowest BCUT2D eigenvalue weighted by atomic mass is 10.1. The van der Waals surface area contributed by atoms with Gasteiger partial charge in [-0.05, 0) is 36.4 Å². The summed E-state index contributed by atoms with van der Waals surface area (Å²) in [5.74, 6) is -0.0369. The van der Waals surface area contributed by atoms with Crippen molar-refractivity contribution >= 4 is 17.4 Å². The van der Waals surface area contributed by atoms with Crippen molar-refractivity contribution in [1.29, 1.82) is 0 Å². The molecule has 1 saturated heterocycles. The molecule has 1 atom stereocenters. The molecular weight excluding hydrogens is 298 g/mol. The first-order chi connectivity index (χ1) is 10.8. The number of morpholine rings is 1. The second kappa shape index (κ2) is 7.47. The Bertz CT molecular complexity index is 589. The summed E-state index contributed by atoms with van der Waals surface area (Å²) in [6.07, 6.45) is 3.20. The van der Waals surface area contributed by atoms with Gasteiger partial charge in [-0.1, -0.05) is 34.8 Å². The predicted octanol–water partition coefficient (Wildman–Crippen LogP) is 2.40. The topological polar surface area (TPSA) is 55.3 Å². The number of amides is 1. The minimum Gasteiger partial charge on any atom is -0.375 e. The van der Waals surface area contributed by atoms with E-state index >= 15 is 0 Å². The van der Waals surface area contributed by atoms with E-state index in [1.165, 1.54) is 17.1 Å². The summed E-state index contributed by atoms with van der Waals surface area (Å²) in [6.45, 7) is 1.87. The maximum atomic E-state index is 12.3. The Morgan fingerprint density at radius 3 is 3.00 bits per heavy atom. The predicted molar refractivity (Wildman–Crippen MR) is 84.9 cm³/mol. The van der Waals surface area contributed by atoms with Crippen molar-refractivity contribution in [3.05, 3.63) is 47.0 Å². The van der Waals surface area contributed by atoms with Crippen molar-refractivity contribution in [2.75, 3.05) is 19.7 Å². The highest BCUT2D eigenvalue weighted by Gasteiger charge is 2.25. The van der Waals surface area contributed by atoms with Gasteiger partial charge in [0.05, 0.1) is 12.7 Å². The van der Waals surface area contributed by atoms with Crippen LogP contribution in [0.5, 0.6) is 0 Å². The Morgan fingerprint density at radius 2 is 2.23 bits per heavy atom. The van der Waals surface area contributed by atoms with Crippen LogP contribution in [-0.2, 0) is 11.2 Å². The highest BCUT2D eigenvalue weighted by Crippen LogP contribution is 2.15. The highest BCUT2D eigenvalue weighted by molar-refractivity contribution is 7.03. The molecule has 0 spiro atoms. The van der Waals surface area contributed by atoms with Gasteiger partial charge in [0, 0.05) is 18.5 Å². The molecule has 1 amide bonds. The maximum absolute atomic E-state index is 12.3. The van der Waals surface area contributed by atoms with Crippen LogP contribution in [0.25, 0.3) is 0 Å². The third-order valence-corrected chi connectivity index (χ3v) is 4.34. The minimum absolute atomic E-state index is 0.0369. The molecule has 0 bridgehead atoms. The van der Waals surface area contributed by atoms with Crippen molar-refractivity contribution in [3.63, 3.8) is 0 Å². The van der Waals surface area contributed by atoms with E-state index in [1.807, 2.05) is 11.0 Å². The third-order valence-electron chi connectivity index (χ3n) is 3.84. The Morgan fingerprint density at radius 1 is 1.36 bits per heavy atom. The van der Waals surface area contributed by atoms with Crippen LogP contribution in [0, 0.1) is 0 Å². The molecule has 2 heterocycles. The lowest BCUT2D eigenvalue weighted by Gasteiger charge is -2.32. The molecule has 6 heteroatoms. The number of benzene rings is 1. The van der Waals surface area contributed by atoms with Crippen LogP contribution in [0.15, 0.2) is 35.7 Å². The summed E-state index contributed by atoms with van der Waals surface area (Å²) in [5.41, 5.74) is 1.79. The van der Waals surface area contributed by atoms with Gasteiger partial charge in [-0.3, -0.25) is 4.79 Å². The van der Waals surface area contributed by atoms with Gasteiger partial charge in [0.2, 0.25) is 0 Å². The fraction of sp³-hybridized carbons (Fsp3) is 0.438. The first-order valence-corrected chi connectivity index (χ1v) is 8.38. The van der Waals surface area contributed by atoms with Gasteiger partial charge in [-0.15, -0.1) is 5.10 Å². The molecule has 1 aliphatic heterocycles. The van der Waals surface area contributed by atoms with E-state index in [0.29, 0.717) is 25.4 Å². The zero-order valence-corrected chi connectivity index (χ0v) is 13.2. The van der Waals surface area contributed by atoms with Crippen LogP contribution in [0.2, 0.25) is 0 Å². The fourth-order valence-corrected chi connectivity index (χ4v) is 3.11. The monoisotopic (exact) mass is 317 g/mol. The molecule has 0 saturated carbocycles. The van der Waals surface area contributed by atoms with Crippen molar-refractivity contribution < 1.29 is 9.53 Å². The fourth-order valence-electron chi connectivity index (χ4n) is 2.68. The van der Waals surface area contributed by atoms with Crippen molar-refractivity contribution in [2.45, 2.75) is 25.4 Å². The van der Waals surface area contributed by atoms with Crippen LogP contribution < -0.4 is 0 Å². The molecule has 116 valence electrons. The molecule has 2 aromatic rings. The normalized spacial score (nSPS) is 18.4. The van der Waals surface area contributed by atoms with E-state index in [4.69, 9.17) is 4.74 Å². The van der Waals surface area contributed by atoms with Gasteiger partial charge in [-0.25, -0.2) is 0 Å². The number of hydrogen-bond donors (Lipinski definition) is 0. The van der Waals surface area contributed by atoms with E-state index in [1.54, 1.807) is 5.38 Å². The number of ether oxygens (including phenoxy) is 1. The number of aryl methyl sites for hydroxylation is 1. The molecule has 1 aromatic heterocycles. The average molecular weight is 317 g/mol. The Hall–Kier alpha value is -1.79. The first-order valence-electron chi connectivity index (χ1n) is 7.55. The summed E-state index contributed by atoms with van der Waals surface area (Å²) in [6, 6.07) is 10.5. The average Bonchev–Trinajstić information content (AvgIpc) is 3.10. The van der Waals surface area contributed by atoms with Gasteiger partial charge < -0.3 is 9.64 Å². The van der Waals surface area contributed by atoms with Crippen LogP contribution in [-0.4, -0.2) is 46.2 Å². The number of carbonyl (C=O) groups is 1. The standard InChI is InChI=1S/C16H19N3O2S/c20-16(15-12-22-18-17-15)19-9-10-21-14(11-19)8-4-7-13-5-2-1-3-6-13/h1-3,5-6,12,14H,4,7-11H2. The molecule has 1 aliphatic rings. The summed E-state index contributed by atoms with van der Waals surface area (Å²) in [7, 11) is 0. The zero-order chi connectivity index (χ0) is 15.2. The number of aromatic nitrogens is 2. The van der Waals surface area contributed by atoms with E-state index in [0.717, 1.165) is 19.3 Å².